The molecular weight excluding hydrogens is 398 g/mol. The van der Waals surface area contributed by atoms with Gasteiger partial charge in [-0.1, -0.05) is 30.3 Å². The van der Waals surface area contributed by atoms with Gasteiger partial charge in [-0.2, -0.15) is 5.10 Å². The van der Waals surface area contributed by atoms with Gasteiger partial charge in [0, 0.05) is 12.7 Å². The van der Waals surface area contributed by atoms with Gasteiger partial charge in [-0.3, -0.25) is 4.79 Å². The fraction of sp³-hybridized carbons (Fsp3) is 0.304. The topological polar surface area (TPSA) is 81.1 Å². The normalized spacial score (nSPS) is 11.6. The largest absolute Gasteiger partial charge is 0.352 e. The quantitative estimate of drug-likeness (QED) is 0.558. The number of nitrogens with one attached hydrogen (secondary N) is 1. The molecule has 0 aliphatic carbocycles. The number of sulfone groups is 1. The van der Waals surface area contributed by atoms with Crippen molar-refractivity contribution in [2.75, 3.05) is 6.54 Å². The van der Waals surface area contributed by atoms with Gasteiger partial charge in [0.25, 0.3) is 5.91 Å². The van der Waals surface area contributed by atoms with E-state index >= 15 is 0 Å². The summed E-state index contributed by atoms with van der Waals surface area (Å²) in [5.41, 5.74) is 3.27. The second kappa shape index (κ2) is 9.26. The lowest BCUT2D eigenvalue weighted by molar-refractivity contribution is 0.0950. The minimum Gasteiger partial charge on any atom is -0.352 e. The first-order valence-electron chi connectivity index (χ1n) is 10.0. The summed E-state index contributed by atoms with van der Waals surface area (Å²) in [7, 11) is -3.53. The van der Waals surface area contributed by atoms with Crippen molar-refractivity contribution in [3.63, 3.8) is 0 Å². The molecule has 2 aromatic carbocycles. The Balaban J connectivity index is 1.61. The lowest BCUT2D eigenvalue weighted by Gasteiger charge is -2.13. The van der Waals surface area contributed by atoms with E-state index in [1.54, 1.807) is 32.0 Å². The van der Waals surface area contributed by atoms with Gasteiger partial charge in [0.2, 0.25) is 0 Å². The Hall–Kier alpha value is -2.93. The summed E-state index contributed by atoms with van der Waals surface area (Å²) < 4.78 is 26.9. The highest BCUT2D eigenvalue weighted by Gasteiger charge is 2.25. The van der Waals surface area contributed by atoms with E-state index in [-0.39, 0.29) is 16.4 Å². The van der Waals surface area contributed by atoms with Gasteiger partial charge in [0.05, 0.1) is 27.1 Å². The summed E-state index contributed by atoms with van der Waals surface area (Å²) in [6.45, 7) is 5.65. The molecule has 0 radical (unpaired) electrons. The Morgan fingerprint density at radius 3 is 2.43 bits per heavy atom. The molecule has 1 N–H and O–H groups in total. The summed E-state index contributed by atoms with van der Waals surface area (Å²) in [4.78, 5) is 12.7. The molecule has 6 nitrogen and oxygen atoms in total. The Morgan fingerprint density at radius 2 is 1.73 bits per heavy atom. The number of aryl methyl sites for hydroxylation is 2. The summed E-state index contributed by atoms with van der Waals surface area (Å²) in [6, 6.07) is 16.3. The van der Waals surface area contributed by atoms with Crippen LogP contribution in [0.15, 0.2) is 65.7 Å². The van der Waals surface area contributed by atoms with Gasteiger partial charge in [0.15, 0.2) is 9.84 Å². The standard InChI is InChI=1S/C23H27N3O3S/c1-17(2)30(28,29)22-14-8-7-13-21(22)23(27)24-15-9-10-19-16-26(25-18(19)3)20-11-5-4-6-12-20/h4-8,11-14,16-17H,9-10,15H2,1-3H3,(H,24,27). The molecular formula is C23H27N3O3S. The van der Waals surface area contributed by atoms with Crippen LogP contribution in [0.5, 0.6) is 0 Å². The molecule has 0 saturated carbocycles. The Kier molecular flexibility index (Phi) is 6.72. The van der Waals surface area contributed by atoms with Crippen molar-refractivity contribution < 1.29 is 13.2 Å². The van der Waals surface area contributed by atoms with Gasteiger partial charge in [0.1, 0.15) is 0 Å². The predicted molar refractivity (Wildman–Crippen MR) is 118 cm³/mol. The molecule has 0 unspecified atom stereocenters. The molecule has 0 fully saturated rings. The van der Waals surface area contributed by atoms with Gasteiger partial charge in [-0.05, 0) is 63.4 Å². The lowest BCUT2D eigenvalue weighted by atomic mass is 10.1. The molecule has 0 spiro atoms. The molecule has 0 atom stereocenters. The molecule has 158 valence electrons. The average molecular weight is 426 g/mol. The van der Waals surface area contributed by atoms with Crippen LogP contribution in [0.3, 0.4) is 0 Å². The second-order valence-electron chi connectivity index (χ2n) is 7.47. The smallest absolute Gasteiger partial charge is 0.252 e. The Bertz CT molecular complexity index is 1120. The van der Waals surface area contributed by atoms with Crippen molar-refractivity contribution >= 4 is 15.7 Å². The third-order valence-corrected chi connectivity index (χ3v) is 7.20. The maximum atomic E-state index is 12.6. The van der Waals surface area contributed by atoms with E-state index in [1.807, 2.05) is 48.1 Å². The highest BCUT2D eigenvalue weighted by atomic mass is 32.2. The SMILES string of the molecule is Cc1nn(-c2ccccc2)cc1CCCNC(=O)c1ccccc1S(=O)(=O)C(C)C. The minimum atomic E-state index is -3.53. The van der Waals surface area contributed by atoms with Gasteiger partial charge < -0.3 is 5.32 Å². The number of nitrogens with zero attached hydrogens (tertiary/aromatic N) is 2. The van der Waals surface area contributed by atoms with Crippen molar-refractivity contribution in [2.45, 2.75) is 43.8 Å². The fourth-order valence-corrected chi connectivity index (χ4v) is 4.43. The number of benzene rings is 2. The molecule has 30 heavy (non-hydrogen) atoms. The monoisotopic (exact) mass is 425 g/mol. The third-order valence-electron chi connectivity index (χ3n) is 4.99. The van der Waals surface area contributed by atoms with Gasteiger partial charge >= 0.3 is 0 Å². The summed E-state index contributed by atoms with van der Waals surface area (Å²) in [6.07, 6.45) is 3.51. The van der Waals surface area contributed by atoms with Crippen LogP contribution in [0, 0.1) is 6.92 Å². The average Bonchev–Trinajstić information content (AvgIpc) is 3.12. The third kappa shape index (κ3) is 4.79. The lowest BCUT2D eigenvalue weighted by Crippen LogP contribution is -2.27. The zero-order valence-corrected chi connectivity index (χ0v) is 18.3. The molecule has 1 aromatic heterocycles. The summed E-state index contributed by atoms with van der Waals surface area (Å²) in [5.74, 6) is -0.369. The van der Waals surface area contributed by atoms with Crippen molar-refractivity contribution in [1.29, 1.82) is 0 Å². The van der Waals surface area contributed by atoms with E-state index in [9.17, 15) is 13.2 Å². The van der Waals surface area contributed by atoms with Gasteiger partial charge in [-0.25, -0.2) is 13.1 Å². The first kappa shape index (κ1) is 21.8. The van der Waals surface area contributed by atoms with Crippen LogP contribution in [0.1, 0.15) is 41.9 Å². The van der Waals surface area contributed by atoms with Crippen LogP contribution in [0.2, 0.25) is 0 Å². The number of para-hydroxylation sites is 1. The van der Waals surface area contributed by atoms with E-state index in [2.05, 4.69) is 10.4 Å². The van der Waals surface area contributed by atoms with Crippen LogP contribution in [0.25, 0.3) is 5.69 Å². The fourth-order valence-electron chi connectivity index (χ4n) is 3.19. The van der Waals surface area contributed by atoms with Crippen LogP contribution >= 0.6 is 0 Å². The molecule has 0 saturated heterocycles. The van der Waals surface area contributed by atoms with E-state index in [0.29, 0.717) is 6.54 Å². The molecule has 1 heterocycles. The van der Waals surface area contributed by atoms with Crippen LogP contribution in [-0.4, -0.2) is 35.9 Å². The number of hydrogen-bond acceptors (Lipinski definition) is 4. The van der Waals surface area contributed by atoms with Crippen molar-refractivity contribution in [2.24, 2.45) is 0 Å². The minimum absolute atomic E-state index is 0.0810. The van der Waals surface area contributed by atoms with Crippen LogP contribution < -0.4 is 5.32 Å². The highest BCUT2D eigenvalue weighted by Crippen LogP contribution is 2.20. The highest BCUT2D eigenvalue weighted by molar-refractivity contribution is 7.92. The Labute approximate surface area is 177 Å². The molecule has 0 bridgehead atoms. The molecule has 3 aromatic rings. The van der Waals surface area contributed by atoms with Crippen molar-refractivity contribution in [3.8, 4) is 5.69 Å². The number of amides is 1. The number of rotatable bonds is 8. The zero-order valence-electron chi connectivity index (χ0n) is 17.5. The van der Waals surface area contributed by atoms with Crippen molar-refractivity contribution in [1.82, 2.24) is 15.1 Å². The van der Waals surface area contributed by atoms with E-state index in [0.717, 1.165) is 29.8 Å². The van der Waals surface area contributed by atoms with E-state index < -0.39 is 15.1 Å². The number of carbonyl (C=O) groups is 1. The predicted octanol–water partition coefficient (Wildman–Crippen LogP) is 3.73. The first-order chi connectivity index (χ1) is 14.3. The Morgan fingerprint density at radius 1 is 1.07 bits per heavy atom. The number of carbonyl (C=O) groups excluding carboxylic acids is 1. The van der Waals surface area contributed by atoms with Crippen LogP contribution in [0.4, 0.5) is 0 Å². The molecule has 0 aliphatic heterocycles. The second-order valence-corrected chi connectivity index (χ2v) is 9.94. The maximum Gasteiger partial charge on any atom is 0.252 e. The zero-order chi connectivity index (χ0) is 21.7. The number of hydrogen-bond donors (Lipinski definition) is 1. The maximum absolute atomic E-state index is 12.6. The van der Waals surface area contributed by atoms with Gasteiger partial charge in [-0.15, -0.1) is 0 Å². The number of aromatic nitrogens is 2. The summed E-state index contributed by atoms with van der Waals surface area (Å²) in [5, 5.41) is 6.82. The first-order valence-corrected chi connectivity index (χ1v) is 11.6. The summed E-state index contributed by atoms with van der Waals surface area (Å²) >= 11 is 0. The van der Waals surface area contributed by atoms with E-state index in [4.69, 9.17) is 0 Å². The van der Waals surface area contributed by atoms with Crippen LogP contribution in [-0.2, 0) is 16.3 Å². The van der Waals surface area contributed by atoms with Crippen molar-refractivity contribution in [3.05, 3.63) is 77.6 Å². The van der Waals surface area contributed by atoms with E-state index in [1.165, 1.54) is 6.07 Å². The molecule has 7 heteroatoms. The molecule has 0 aliphatic rings. The molecule has 1 amide bonds. The molecule has 3 rings (SSSR count).